The van der Waals surface area contributed by atoms with Crippen LogP contribution in [-0.4, -0.2) is 37.8 Å². The molecule has 0 saturated carbocycles. The van der Waals surface area contributed by atoms with Crippen LogP contribution in [0.4, 0.5) is 5.82 Å². The standard InChI is InChI=1S/C21H23N5O3S/c1-3-30(28)25(2)13-14-26-20(22)18(21(23)27)19(24-26)15-9-11-17(12-10-15)29-16-7-5-4-6-8-16/h3-12H,1,13-14,22H2,2H3,(H2,23,27). The molecule has 0 saturated heterocycles. The van der Waals surface area contributed by atoms with Gasteiger partial charge in [-0.15, -0.1) is 0 Å². The first-order valence-electron chi connectivity index (χ1n) is 9.14. The number of anilines is 1. The van der Waals surface area contributed by atoms with Gasteiger partial charge in [-0.3, -0.25) is 4.79 Å². The average Bonchev–Trinajstić information content (AvgIpc) is 3.09. The van der Waals surface area contributed by atoms with Crippen molar-refractivity contribution in [3.05, 3.63) is 72.1 Å². The molecule has 1 amide bonds. The molecule has 0 fully saturated rings. The number of nitrogens with two attached hydrogens (primary N) is 2. The summed E-state index contributed by atoms with van der Waals surface area (Å²) >= 11 is 0. The highest BCUT2D eigenvalue weighted by atomic mass is 32.2. The highest BCUT2D eigenvalue weighted by Crippen LogP contribution is 2.29. The maximum absolute atomic E-state index is 12.0. The zero-order valence-corrected chi connectivity index (χ0v) is 17.3. The predicted octanol–water partition coefficient (Wildman–Crippen LogP) is 2.76. The van der Waals surface area contributed by atoms with E-state index in [0.29, 0.717) is 30.1 Å². The number of primary amides is 1. The van der Waals surface area contributed by atoms with E-state index in [4.69, 9.17) is 16.2 Å². The number of hydrogen-bond donors (Lipinski definition) is 2. The number of ether oxygens (including phenoxy) is 1. The number of benzene rings is 2. The van der Waals surface area contributed by atoms with Crippen LogP contribution >= 0.6 is 0 Å². The Morgan fingerprint density at radius 1 is 1.20 bits per heavy atom. The molecule has 2 aromatic carbocycles. The van der Waals surface area contributed by atoms with Crippen molar-refractivity contribution in [1.29, 1.82) is 0 Å². The van der Waals surface area contributed by atoms with Gasteiger partial charge >= 0.3 is 0 Å². The fourth-order valence-electron chi connectivity index (χ4n) is 2.85. The van der Waals surface area contributed by atoms with Crippen LogP contribution in [0.25, 0.3) is 11.3 Å². The van der Waals surface area contributed by atoms with Crippen LogP contribution in [0.5, 0.6) is 11.5 Å². The minimum absolute atomic E-state index is 0.152. The van der Waals surface area contributed by atoms with E-state index in [1.807, 2.05) is 30.3 Å². The second-order valence-electron chi connectivity index (χ2n) is 6.43. The molecule has 9 heteroatoms. The van der Waals surface area contributed by atoms with Gasteiger partial charge in [-0.1, -0.05) is 24.8 Å². The summed E-state index contributed by atoms with van der Waals surface area (Å²) in [5, 5.41) is 5.81. The second kappa shape index (κ2) is 9.38. The molecular weight excluding hydrogens is 402 g/mol. The van der Waals surface area contributed by atoms with Gasteiger partial charge in [-0.2, -0.15) is 5.10 Å². The van der Waals surface area contributed by atoms with Crippen LogP contribution in [0.2, 0.25) is 0 Å². The average molecular weight is 426 g/mol. The number of carbonyl (C=O) groups is 1. The van der Waals surface area contributed by atoms with Crippen molar-refractivity contribution in [3.63, 3.8) is 0 Å². The molecule has 4 N–H and O–H groups in total. The Labute approximate surface area is 177 Å². The van der Waals surface area contributed by atoms with Gasteiger partial charge < -0.3 is 16.2 Å². The monoisotopic (exact) mass is 425 g/mol. The van der Waals surface area contributed by atoms with E-state index in [0.717, 1.165) is 5.75 Å². The number of hydrogen-bond acceptors (Lipinski definition) is 5. The van der Waals surface area contributed by atoms with Gasteiger partial charge in [0.05, 0.1) is 6.54 Å². The van der Waals surface area contributed by atoms with Gasteiger partial charge in [0.2, 0.25) is 0 Å². The van der Waals surface area contributed by atoms with Gasteiger partial charge in [0.15, 0.2) is 0 Å². The van der Waals surface area contributed by atoms with Crippen molar-refractivity contribution < 1.29 is 13.7 Å². The molecule has 30 heavy (non-hydrogen) atoms. The number of aromatic nitrogens is 2. The number of nitrogens with zero attached hydrogens (tertiary/aromatic N) is 3. The molecule has 0 aliphatic carbocycles. The number of amides is 1. The van der Waals surface area contributed by atoms with Crippen molar-refractivity contribution in [2.45, 2.75) is 6.54 Å². The minimum Gasteiger partial charge on any atom is -0.457 e. The topological polar surface area (TPSA) is 116 Å². The lowest BCUT2D eigenvalue weighted by Crippen LogP contribution is -2.25. The summed E-state index contributed by atoms with van der Waals surface area (Å²) in [7, 11) is 0.388. The lowest BCUT2D eigenvalue weighted by Gasteiger charge is -2.13. The lowest BCUT2D eigenvalue weighted by atomic mass is 10.1. The van der Waals surface area contributed by atoms with Crippen LogP contribution in [-0.2, 0) is 17.5 Å². The van der Waals surface area contributed by atoms with E-state index in [2.05, 4.69) is 11.7 Å². The predicted molar refractivity (Wildman–Crippen MR) is 118 cm³/mol. The maximum atomic E-state index is 12.0. The summed E-state index contributed by atoms with van der Waals surface area (Å²) in [4.78, 5) is 12.0. The molecule has 0 radical (unpaired) electrons. The fraction of sp³-hybridized carbons (Fsp3) is 0.143. The van der Waals surface area contributed by atoms with Crippen LogP contribution in [0.3, 0.4) is 0 Å². The number of para-hydroxylation sites is 1. The molecule has 1 atom stereocenters. The van der Waals surface area contributed by atoms with Crippen molar-refractivity contribution in [1.82, 2.24) is 14.1 Å². The highest BCUT2D eigenvalue weighted by molar-refractivity contribution is 7.85. The van der Waals surface area contributed by atoms with E-state index in [-0.39, 0.29) is 11.4 Å². The molecule has 1 unspecified atom stereocenters. The van der Waals surface area contributed by atoms with E-state index < -0.39 is 16.9 Å². The normalized spacial score (nSPS) is 11.9. The van der Waals surface area contributed by atoms with Crippen molar-refractivity contribution in [3.8, 4) is 22.8 Å². The molecule has 0 aliphatic rings. The number of likely N-dealkylation sites (N-methyl/N-ethyl adjacent to an activating group) is 1. The summed E-state index contributed by atoms with van der Waals surface area (Å²) in [6.45, 7) is 4.23. The summed E-state index contributed by atoms with van der Waals surface area (Å²) in [5.74, 6) is 0.866. The molecule has 0 aliphatic heterocycles. The van der Waals surface area contributed by atoms with Gasteiger partial charge in [-0.05, 0) is 36.4 Å². The zero-order chi connectivity index (χ0) is 21.7. The third-order valence-electron chi connectivity index (χ3n) is 4.42. The SMILES string of the molecule is C=CS(=O)N(C)CCn1nc(-c2ccc(Oc3ccccc3)cc2)c(C(N)=O)c1N. The Balaban J connectivity index is 1.84. The largest absolute Gasteiger partial charge is 0.457 e. The summed E-state index contributed by atoms with van der Waals surface area (Å²) < 4.78 is 20.6. The summed E-state index contributed by atoms with van der Waals surface area (Å²) in [6, 6.07) is 16.5. The Morgan fingerprint density at radius 3 is 2.43 bits per heavy atom. The van der Waals surface area contributed by atoms with E-state index in [1.54, 1.807) is 35.6 Å². The van der Waals surface area contributed by atoms with Gasteiger partial charge in [0.25, 0.3) is 5.91 Å². The molecule has 156 valence electrons. The quantitative estimate of drug-likeness (QED) is 0.547. The Hall–Kier alpha value is -3.43. The van der Waals surface area contributed by atoms with Crippen molar-refractivity contribution in [2.75, 3.05) is 19.3 Å². The fourth-order valence-corrected chi connectivity index (χ4v) is 3.36. The first kappa shape index (κ1) is 21.3. The van der Waals surface area contributed by atoms with Gasteiger partial charge in [0.1, 0.15) is 39.6 Å². The minimum atomic E-state index is -1.31. The first-order valence-corrected chi connectivity index (χ1v) is 10.3. The van der Waals surface area contributed by atoms with E-state index in [9.17, 15) is 9.00 Å². The summed E-state index contributed by atoms with van der Waals surface area (Å²) in [5.41, 5.74) is 12.9. The molecular formula is C21H23N5O3S. The number of carbonyl (C=O) groups excluding carboxylic acids is 1. The molecule has 0 bridgehead atoms. The molecule has 1 aromatic heterocycles. The van der Waals surface area contributed by atoms with E-state index >= 15 is 0 Å². The molecule has 3 aromatic rings. The number of nitrogen functional groups attached to an aromatic ring is 1. The Kier molecular flexibility index (Phi) is 6.65. The maximum Gasteiger partial charge on any atom is 0.254 e. The summed E-state index contributed by atoms with van der Waals surface area (Å²) in [6.07, 6.45) is 0. The van der Waals surface area contributed by atoms with Crippen molar-refractivity contribution in [2.24, 2.45) is 5.73 Å². The zero-order valence-electron chi connectivity index (χ0n) is 16.5. The molecule has 0 spiro atoms. The highest BCUT2D eigenvalue weighted by Gasteiger charge is 2.22. The van der Waals surface area contributed by atoms with Crippen LogP contribution in [0.15, 0.2) is 66.6 Å². The van der Waals surface area contributed by atoms with E-state index in [1.165, 1.54) is 10.1 Å². The number of rotatable bonds is 9. The van der Waals surface area contributed by atoms with Crippen molar-refractivity contribution >= 4 is 22.7 Å². The first-order chi connectivity index (χ1) is 14.4. The Bertz CT molecular complexity index is 1060. The van der Waals surface area contributed by atoms with Crippen LogP contribution in [0, 0.1) is 0 Å². The third kappa shape index (κ3) is 4.76. The second-order valence-corrected chi connectivity index (χ2v) is 7.94. The molecule has 8 nitrogen and oxygen atoms in total. The van der Waals surface area contributed by atoms with Gasteiger partial charge in [-0.25, -0.2) is 13.2 Å². The molecule has 1 heterocycles. The van der Waals surface area contributed by atoms with Crippen LogP contribution < -0.4 is 16.2 Å². The Morgan fingerprint density at radius 2 is 1.83 bits per heavy atom. The van der Waals surface area contributed by atoms with Gasteiger partial charge in [0, 0.05) is 24.6 Å². The van der Waals surface area contributed by atoms with Crippen LogP contribution in [0.1, 0.15) is 10.4 Å². The molecule has 3 rings (SSSR count). The third-order valence-corrected chi connectivity index (χ3v) is 5.50. The lowest BCUT2D eigenvalue weighted by molar-refractivity contribution is 0.100. The smallest absolute Gasteiger partial charge is 0.254 e.